The van der Waals surface area contributed by atoms with Crippen molar-refractivity contribution in [1.82, 2.24) is 20.2 Å². The van der Waals surface area contributed by atoms with Gasteiger partial charge in [-0.1, -0.05) is 6.92 Å². The van der Waals surface area contributed by atoms with Gasteiger partial charge in [0.25, 0.3) is 10.0 Å². The van der Waals surface area contributed by atoms with E-state index in [2.05, 4.69) is 27.2 Å². The molecule has 0 amide bonds. The van der Waals surface area contributed by atoms with Crippen LogP contribution < -0.4 is 10.0 Å². The van der Waals surface area contributed by atoms with Gasteiger partial charge >= 0.3 is 0 Å². The lowest BCUT2D eigenvalue weighted by molar-refractivity contribution is 0.551. The first-order chi connectivity index (χ1) is 8.47. The summed E-state index contributed by atoms with van der Waals surface area (Å²) in [5, 5.41) is 9.77. The van der Waals surface area contributed by atoms with Gasteiger partial charge in [-0.3, -0.25) is 5.10 Å². The lowest BCUT2D eigenvalue weighted by Gasteiger charge is -2.12. The predicted molar refractivity (Wildman–Crippen MR) is 68.5 cm³/mol. The number of rotatable bonds is 7. The molecule has 1 saturated carbocycles. The van der Waals surface area contributed by atoms with E-state index in [9.17, 15) is 8.42 Å². The summed E-state index contributed by atoms with van der Waals surface area (Å²) in [6.45, 7) is 5.35. The van der Waals surface area contributed by atoms with Crippen molar-refractivity contribution in [2.45, 2.75) is 50.2 Å². The smallest absolute Gasteiger partial charge is 0.258 e. The molecule has 0 aliphatic heterocycles. The predicted octanol–water partition coefficient (Wildman–Crippen LogP) is 0.740. The third-order valence-corrected chi connectivity index (χ3v) is 4.72. The minimum absolute atomic E-state index is 0.180. The highest BCUT2D eigenvalue weighted by molar-refractivity contribution is 7.89. The van der Waals surface area contributed by atoms with Gasteiger partial charge in [-0.05, 0) is 32.7 Å². The van der Waals surface area contributed by atoms with E-state index in [1.807, 2.05) is 6.92 Å². The number of H-pyrrole nitrogens is 1. The third-order valence-electron chi connectivity index (χ3n) is 3.07. The summed E-state index contributed by atoms with van der Waals surface area (Å²) in [6, 6.07) is 0. The topological polar surface area (TPSA) is 86.9 Å². The number of aromatic amines is 1. The molecule has 102 valence electrons. The summed E-state index contributed by atoms with van der Waals surface area (Å²) in [7, 11) is -3.49. The zero-order valence-electron chi connectivity index (χ0n) is 10.8. The Morgan fingerprint density at radius 1 is 1.50 bits per heavy atom. The first-order valence-electron chi connectivity index (χ1n) is 6.24. The largest absolute Gasteiger partial charge is 0.313 e. The highest BCUT2D eigenvalue weighted by Gasteiger charge is 2.42. The van der Waals surface area contributed by atoms with Gasteiger partial charge in [0.05, 0.1) is 6.20 Å². The first-order valence-corrected chi connectivity index (χ1v) is 7.72. The average molecular weight is 272 g/mol. The summed E-state index contributed by atoms with van der Waals surface area (Å²) in [5.41, 5.74) is 0.415. The van der Waals surface area contributed by atoms with Crippen LogP contribution in [0.15, 0.2) is 11.2 Å². The van der Waals surface area contributed by atoms with Crippen molar-refractivity contribution in [3.8, 4) is 0 Å². The summed E-state index contributed by atoms with van der Waals surface area (Å²) in [4.78, 5) is 0. The Bertz CT molecular complexity index is 505. The first kappa shape index (κ1) is 13.5. The number of nitrogens with zero attached hydrogens (tertiary/aromatic N) is 1. The maximum atomic E-state index is 12.2. The fourth-order valence-electron chi connectivity index (χ4n) is 1.72. The molecule has 0 spiro atoms. The average Bonchev–Trinajstić information content (AvgIpc) is 2.81. The fourth-order valence-corrected chi connectivity index (χ4v) is 3.32. The number of hydrogen-bond acceptors (Lipinski definition) is 4. The normalized spacial score (nSPS) is 17.9. The molecule has 3 N–H and O–H groups in total. The summed E-state index contributed by atoms with van der Waals surface area (Å²) in [6.07, 6.45) is 4.36. The Labute approximate surface area is 108 Å². The molecular formula is C11H20N4O2S. The van der Waals surface area contributed by atoms with Gasteiger partial charge in [0.15, 0.2) is 5.03 Å². The van der Waals surface area contributed by atoms with Gasteiger partial charge < -0.3 is 5.32 Å². The SMILES string of the molecule is CCCNCc1cn[nH]c1S(=O)(=O)NC1(C)CC1. The Kier molecular flexibility index (Phi) is 3.74. The number of hydrogen-bond donors (Lipinski definition) is 3. The molecule has 7 heteroatoms. The van der Waals surface area contributed by atoms with Crippen molar-refractivity contribution >= 4 is 10.0 Å². The van der Waals surface area contributed by atoms with Gasteiger partial charge in [0.2, 0.25) is 0 Å². The van der Waals surface area contributed by atoms with Crippen molar-refractivity contribution in [3.05, 3.63) is 11.8 Å². The summed E-state index contributed by atoms with van der Waals surface area (Å²) >= 11 is 0. The van der Waals surface area contributed by atoms with E-state index < -0.39 is 10.0 Å². The van der Waals surface area contributed by atoms with Gasteiger partial charge in [-0.25, -0.2) is 13.1 Å². The number of sulfonamides is 1. The zero-order valence-corrected chi connectivity index (χ0v) is 11.6. The van der Waals surface area contributed by atoms with Crippen LogP contribution in [0, 0.1) is 0 Å². The number of nitrogens with one attached hydrogen (secondary N) is 3. The van der Waals surface area contributed by atoms with E-state index in [-0.39, 0.29) is 10.6 Å². The van der Waals surface area contributed by atoms with Crippen LogP contribution in [0.4, 0.5) is 0 Å². The Balaban J connectivity index is 2.09. The molecule has 1 aromatic heterocycles. The van der Waals surface area contributed by atoms with Crippen LogP contribution in [-0.4, -0.2) is 30.7 Å². The molecule has 1 aliphatic carbocycles. The molecule has 0 radical (unpaired) electrons. The second-order valence-corrected chi connectivity index (χ2v) is 6.69. The molecule has 0 atom stereocenters. The fraction of sp³-hybridized carbons (Fsp3) is 0.727. The third kappa shape index (κ3) is 3.09. The van der Waals surface area contributed by atoms with Crippen LogP contribution in [-0.2, 0) is 16.6 Å². The minimum atomic E-state index is -3.49. The second-order valence-electron chi connectivity index (χ2n) is 5.07. The highest BCUT2D eigenvalue weighted by atomic mass is 32.2. The monoisotopic (exact) mass is 272 g/mol. The molecule has 1 aliphatic rings. The van der Waals surface area contributed by atoms with Gasteiger partial charge in [-0.15, -0.1) is 0 Å². The van der Waals surface area contributed by atoms with Crippen molar-refractivity contribution in [1.29, 1.82) is 0 Å². The molecule has 0 saturated heterocycles. The Morgan fingerprint density at radius 3 is 2.83 bits per heavy atom. The van der Waals surface area contributed by atoms with Crippen LogP contribution in [0.2, 0.25) is 0 Å². The van der Waals surface area contributed by atoms with Crippen molar-refractivity contribution in [2.75, 3.05) is 6.54 Å². The van der Waals surface area contributed by atoms with E-state index in [1.54, 1.807) is 6.20 Å². The van der Waals surface area contributed by atoms with E-state index in [4.69, 9.17) is 0 Å². The summed E-state index contributed by atoms with van der Waals surface area (Å²) in [5.74, 6) is 0. The molecule has 18 heavy (non-hydrogen) atoms. The van der Waals surface area contributed by atoms with Crippen LogP contribution in [0.25, 0.3) is 0 Å². The van der Waals surface area contributed by atoms with Gasteiger partial charge in [0, 0.05) is 17.6 Å². The van der Waals surface area contributed by atoms with Crippen LogP contribution >= 0.6 is 0 Å². The van der Waals surface area contributed by atoms with E-state index in [1.165, 1.54) is 0 Å². The van der Waals surface area contributed by atoms with Crippen molar-refractivity contribution in [2.24, 2.45) is 0 Å². The van der Waals surface area contributed by atoms with Crippen molar-refractivity contribution in [3.63, 3.8) is 0 Å². The van der Waals surface area contributed by atoms with E-state index >= 15 is 0 Å². The Hall–Kier alpha value is -0.920. The lowest BCUT2D eigenvalue weighted by Crippen LogP contribution is -2.35. The van der Waals surface area contributed by atoms with Crippen molar-refractivity contribution < 1.29 is 8.42 Å². The maximum Gasteiger partial charge on any atom is 0.258 e. The molecule has 0 aromatic carbocycles. The second kappa shape index (κ2) is 4.99. The molecule has 1 heterocycles. The molecule has 1 aromatic rings. The number of aromatic nitrogens is 2. The van der Waals surface area contributed by atoms with E-state index in [0.717, 1.165) is 25.8 Å². The molecule has 6 nitrogen and oxygen atoms in total. The molecular weight excluding hydrogens is 252 g/mol. The standard InChI is InChI=1S/C11H20N4O2S/c1-3-6-12-7-9-8-13-14-10(9)18(16,17)15-11(2)4-5-11/h8,12,15H,3-7H2,1-2H3,(H,13,14). The summed E-state index contributed by atoms with van der Waals surface area (Å²) < 4.78 is 27.1. The van der Waals surface area contributed by atoms with Crippen LogP contribution in [0.1, 0.15) is 38.7 Å². The highest BCUT2D eigenvalue weighted by Crippen LogP contribution is 2.35. The molecule has 2 rings (SSSR count). The molecule has 0 bridgehead atoms. The zero-order chi connectivity index (χ0) is 13.2. The van der Waals surface area contributed by atoms with Gasteiger partial charge in [-0.2, -0.15) is 5.10 Å². The quantitative estimate of drug-likeness (QED) is 0.639. The maximum absolute atomic E-state index is 12.2. The van der Waals surface area contributed by atoms with Crippen LogP contribution in [0.3, 0.4) is 0 Å². The Morgan fingerprint density at radius 2 is 2.22 bits per heavy atom. The van der Waals surface area contributed by atoms with E-state index in [0.29, 0.717) is 12.1 Å². The molecule has 0 unspecified atom stereocenters. The van der Waals surface area contributed by atoms with Gasteiger partial charge in [0.1, 0.15) is 0 Å². The van der Waals surface area contributed by atoms with Crippen LogP contribution in [0.5, 0.6) is 0 Å². The lowest BCUT2D eigenvalue weighted by atomic mass is 10.3. The molecule has 1 fully saturated rings. The minimum Gasteiger partial charge on any atom is -0.313 e.